The minimum absolute atomic E-state index is 0.370. The summed E-state index contributed by atoms with van der Waals surface area (Å²) < 4.78 is 0. The zero-order valence-corrected chi connectivity index (χ0v) is 9.16. The fourth-order valence-electron chi connectivity index (χ4n) is 2.89. The van der Waals surface area contributed by atoms with E-state index in [0.717, 1.165) is 0 Å². The lowest BCUT2D eigenvalue weighted by Gasteiger charge is -2.37. The maximum atomic E-state index is 11.8. The van der Waals surface area contributed by atoms with Crippen LogP contribution in [0.1, 0.15) is 26.7 Å². The molecule has 1 saturated carbocycles. The van der Waals surface area contributed by atoms with Crippen LogP contribution in [0.5, 0.6) is 0 Å². The average Bonchev–Trinajstić information content (AvgIpc) is 2.54. The van der Waals surface area contributed by atoms with E-state index in [1.54, 1.807) is 13.8 Å². The Kier molecular flexibility index (Phi) is 2.02. The molecule has 6 heteroatoms. The molecule has 3 N–H and O–H groups in total. The fourth-order valence-corrected chi connectivity index (χ4v) is 2.89. The molecule has 1 aliphatic heterocycles. The van der Waals surface area contributed by atoms with E-state index in [0.29, 0.717) is 12.8 Å². The van der Waals surface area contributed by atoms with Crippen molar-refractivity contribution in [1.82, 2.24) is 10.6 Å². The van der Waals surface area contributed by atoms with Crippen molar-refractivity contribution in [3.05, 3.63) is 0 Å². The van der Waals surface area contributed by atoms with Gasteiger partial charge in [0.05, 0.1) is 5.92 Å². The molecule has 16 heavy (non-hydrogen) atoms. The second-order valence-corrected chi connectivity index (χ2v) is 4.96. The highest BCUT2D eigenvalue weighted by atomic mass is 16.4. The van der Waals surface area contributed by atoms with Gasteiger partial charge >= 0.3 is 12.0 Å². The number of hydrogen-bond donors (Lipinski definition) is 3. The number of aliphatic carboxylic acids is 1. The van der Waals surface area contributed by atoms with Crippen LogP contribution in [0.25, 0.3) is 0 Å². The van der Waals surface area contributed by atoms with Gasteiger partial charge < -0.3 is 10.4 Å². The van der Waals surface area contributed by atoms with Gasteiger partial charge in [0.25, 0.3) is 5.91 Å². The van der Waals surface area contributed by atoms with Gasteiger partial charge in [0.1, 0.15) is 5.54 Å². The second-order valence-electron chi connectivity index (χ2n) is 4.96. The number of carboxylic acids is 1. The van der Waals surface area contributed by atoms with E-state index in [4.69, 9.17) is 5.11 Å². The van der Waals surface area contributed by atoms with Crippen LogP contribution in [0.15, 0.2) is 0 Å². The molecule has 0 bridgehead atoms. The first-order valence-electron chi connectivity index (χ1n) is 5.18. The Hall–Kier alpha value is -1.59. The van der Waals surface area contributed by atoms with E-state index in [2.05, 4.69) is 10.6 Å². The summed E-state index contributed by atoms with van der Waals surface area (Å²) in [5.74, 6) is -1.95. The molecule has 2 rings (SSSR count). The van der Waals surface area contributed by atoms with Crippen LogP contribution in [0.4, 0.5) is 4.79 Å². The van der Waals surface area contributed by atoms with Crippen LogP contribution < -0.4 is 10.6 Å². The lowest BCUT2D eigenvalue weighted by molar-refractivity contribution is -0.146. The summed E-state index contributed by atoms with van der Waals surface area (Å²) in [7, 11) is 0. The fraction of sp³-hybridized carbons (Fsp3) is 0.700. The molecule has 3 amide bonds. The molecule has 2 fully saturated rings. The molecule has 1 aliphatic carbocycles. The first-order chi connectivity index (χ1) is 7.31. The van der Waals surface area contributed by atoms with Gasteiger partial charge in [-0.1, -0.05) is 13.8 Å². The summed E-state index contributed by atoms with van der Waals surface area (Å²) in [5.41, 5.74) is -1.85. The van der Waals surface area contributed by atoms with Gasteiger partial charge in [-0.15, -0.1) is 0 Å². The summed E-state index contributed by atoms with van der Waals surface area (Å²) in [6, 6.07) is -0.538. The van der Waals surface area contributed by atoms with Gasteiger partial charge in [0.2, 0.25) is 0 Å². The smallest absolute Gasteiger partial charge is 0.322 e. The van der Waals surface area contributed by atoms with Crippen molar-refractivity contribution < 1.29 is 19.5 Å². The quantitative estimate of drug-likeness (QED) is 0.552. The van der Waals surface area contributed by atoms with E-state index in [9.17, 15) is 14.4 Å². The summed E-state index contributed by atoms with van der Waals surface area (Å²) in [6.07, 6.45) is 0.768. The number of rotatable bonds is 1. The molecule has 2 unspecified atom stereocenters. The van der Waals surface area contributed by atoms with Gasteiger partial charge in [-0.3, -0.25) is 14.9 Å². The third-order valence-corrected chi connectivity index (χ3v) is 4.02. The predicted octanol–water partition coefficient (Wildman–Crippen LogP) is 0.0854. The summed E-state index contributed by atoms with van der Waals surface area (Å²) in [6.45, 7) is 3.42. The van der Waals surface area contributed by atoms with E-state index in [-0.39, 0.29) is 0 Å². The molecule has 2 atom stereocenters. The molecule has 1 heterocycles. The van der Waals surface area contributed by atoms with E-state index in [1.165, 1.54) is 0 Å². The molecule has 0 aromatic rings. The molecule has 1 saturated heterocycles. The van der Waals surface area contributed by atoms with Gasteiger partial charge in [0, 0.05) is 5.41 Å². The van der Waals surface area contributed by atoms with Crippen molar-refractivity contribution in [3.8, 4) is 0 Å². The molecular weight excluding hydrogens is 212 g/mol. The first kappa shape index (κ1) is 10.9. The zero-order valence-electron chi connectivity index (χ0n) is 9.16. The topological polar surface area (TPSA) is 95.5 Å². The minimum Gasteiger partial charge on any atom is -0.481 e. The predicted molar refractivity (Wildman–Crippen MR) is 53.5 cm³/mol. The molecule has 0 aromatic carbocycles. The van der Waals surface area contributed by atoms with Gasteiger partial charge in [0.15, 0.2) is 0 Å². The van der Waals surface area contributed by atoms with Gasteiger partial charge in [-0.25, -0.2) is 4.79 Å². The van der Waals surface area contributed by atoms with Crippen molar-refractivity contribution in [2.24, 2.45) is 11.3 Å². The zero-order chi connectivity index (χ0) is 12.1. The summed E-state index contributed by atoms with van der Waals surface area (Å²) in [5, 5.41) is 13.9. The number of hydrogen-bond acceptors (Lipinski definition) is 3. The Morgan fingerprint density at radius 1 is 1.44 bits per heavy atom. The summed E-state index contributed by atoms with van der Waals surface area (Å²) >= 11 is 0. The van der Waals surface area contributed by atoms with Crippen LogP contribution in [0.3, 0.4) is 0 Å². The van der Waals surface area contributed by atoms with Crippen LogP contribution in [0.2, 0.25) is 0 Å². The highest BCUT2D eigenvalue weighted by molar-refractivity contribution is 6.08. The monoisotopic (exact) mass is 226 g/mol. The number of nitrogens with one attached hydrogen (secondary N) is 2. The van der Waals surface area contributed by atoms with Crippen molar-refractivity contribution in [3.63, 3.8) is 0 Å². The third-order valence-electron chi connectivity index (χ3n) is 4.02. The van der Waals surface area contributed by atoms with Crippen LogP contribution in [-0.2, 0) is 9.59 Å². The maximum Gasteiger partial charge on any atom is 0.322 e. The lowest BCUT2D eigenvalue weighted by atomic mass is 9.70. The average molecular weight is 226 g/mol. The molecular formula is C10H14N2O4. The second kappa shape index (κ2) is 2.96. The van der Waals surface area contributed by atoms with Crippen LogP contribution >= 0.6 is 0 Å². The number of imide groups is 1. The number of carbonyl (C=O) groups is 3. The van der Waals surface area contributed by atoms with E-state index in [1.807, 2.05) is 0 Å². The SMILES string of the molecule is CC1(C)C(C(=O)O)CCC12NC(=O)NC2=O. The van der Waals surface area contributed by atoms with Gasteiger partial charge in [-0.05, 0) is 12.8 Å². The maximum absolute atomic E-state index is 11.8. The normalized spacial score (nSPS) is 36.2. The van der Waals surface area contributed by atoms with E-state index >= 15 is 0 Å². The Morgan fingerprint density at radius 2 is 2.06 bits per heavy atom. The van der Waals surface area contributed by atoms with Crippen molar-refractivity contribution >= 4 is 17.9 Å². The molecule has 0 radical (unpaired) electrons. The standard InChI is InChI=1S/C10H14N2O4/c1-9(2)5(6(13)14)3-4-10(9)7(15)11-8(16)12-10/h5H,3-4H2,1-2H3,(H,13,14)(H2,11,12,15,16). The molecule has 6 nitrogen and oxygen atoms in total. The number of amides is 3. The molecule has 1 spiro atoms. The molecule has 2 aliphatic rings. The van der Waals surface area contributed by atoms with Crippen molar-refractivity contribution in [2.45, 2.75) is 32.2 Å². The third kappa shape index (κ3) is 1.10. The number of carbonyl (C=O) groups excluding carboxylic acids is 2. The first-order valence-corrected chi connectivity index (χ1v) is 5.18. The van der Waals surface area contributed by atoms with Crippen LogP contribution in [-0.4, -0.2) is 28.6 Å². The van der Waals surface area contributed by atoms with Gasteiger partial charge in [-0.2, -0.15) is 0 Å². The largest absolute Gasteiger partial charge is 0.481 e. The highest BCUT2D eigenvalue weighted by Gasteiger charge is 2.64. The molecule has 0 aromatic heterocycles. The Balaban J connectivity index is 2.42. The Morgan fingerprint density at radius 3 is 2.44 bits per heavy atom. The molecule has 88 valence electrons. The number of carboxylic acid groups (broad SMARTS) is 1. The van der Waals surface area contributed by atoms with Crippen LogP contribution in [0, 0.1) is 11.3 Å². The minimum atomic E-state index is -1.06. The van der Waals surface area contributed by atoms with Crippen molar-refractivity contribution in [2.75, 3.05) is 0 Å². The Labute approximate surface area is 92.4 Å². The van der Waals surface area contributed by atoms with E-state index < -0.39 is 34.8 Å². The van der Waals surface area contributed by atoms with Crippen molar-refractivity contribution in [1.29, 1.82) is 0 Å². The summed E-state index contributed by atoms with van der Waals surface area (Å²) in [4.78, 5) is 34.1. The lowest BCUT2D eigenvalue weighted by Crippen LogP contribution is -2.56. The Bertz CT molecular complexity index is 390. The number of urea groups is 1. The highest BCUT2D eigenvalue weighted by Crippen LogP contribution is 2.51.